The zero-order valence-electron chi connectivity index (χ0n) is 23.2. The molecule has 2 aromatic carbocycles. The number of pyridine rings is 1. The smallest absolute Gasteiger partial charge is 0.339 e. The number of carboxylic acid groups (broad SMARTS) is 1. The normalized spacial score (nSPS) is 17.7. The summed E-state index contributed by atoms with van der Waals surface area (Å²) in [6.07, 6.45) is 4.26. The number of aromatic amines is 1. The molecule has 2 N–H and O–H groups in total. The van der Waals surface area contributed by atoms with E-state index in [1.54, 1.807) is 12.3 Å². The number of nitrogens with zero attached hydrogens (tertiary/aromatic N) is 3. The summed E-state index contributed by atoms with van der Waals surface area (Å²) in [5, 5.41) is 11.4. The molecule has 1 fully saturated rings. The summed E-state index contributed by atoms with van der Waals surface area (Å²) in [6.45, 7) is 9.14. The van der Waals surface area contributed by atoms with Gasteiger partial charge in [0.1, 0.15) is 22.7 Å². The van der Waals surface area contributed by atoms with Crippen LogP contribution in [0.3, 0.4) is 0 Å². The minimum atomic E-state index is -1.03. The maximum atomic E-state index is 11.9. The number of hydrogen-bond acceptors (Lipinski definition) is 6. The Bertz CT molecular complexity index is 1600. The van der Waals surface area contributed by atoms with E-state index in [-0.39, 0.29) is 11.2 Å². The van der Waals surface area contributed by atoms with Gasteiger partial charge in [-0.05, 0) is 67.0 Å². The lowest BCUT2D eigenvalue weighted by Crippen LogP contribution is -2.47. The molecule has 4 aromatic rings. The van der Waals surface area contributed by atoms with Gasteiger partial charge in [-0.2, -0.15) is 0 Å². The second kappa shape index (κ2) is 11.2. The molecule has 0 aliphatic carbocycles. The van der Waals surface area contributed by atoms with Crippen LogP contribution in [0.1, 0.15) is 36.2 Å². The predicted octanol–water partition coefficient (Wildman–Crippen LogP) is 6.48. The lowest BCUT2D eigenvalue weighted by Gasteiger charge is -2.39. The van der Waals surface area contributed by atoms with Crippen molar-refractivity contribution in [2.45, 2.75) is 25.9 Å². The molecule has 0 saturated carbocycles. The van der Waals surface area contributed by atoms with E-state index in [1.807, 2.05) is 42.6 Å². The first-order valence-corrected chi connectivity index (χ1v) is 14.2. The predicted molar refractivity (Wildman–Crippen MR) is 161 cm³/mol. The second-order valence-corrected chi connectivity index (χ2v) is 11.7. The van der Waals surface area contributed by atoms with Crippen LogP contribution in [0.5, 0.6) is 11.5 Å². The zero-order valence-corrected chi connectivity index (χ0v) is 23.9. The molecular weight excluding hydrogens is 540 g/mol. The van der Waals surface area contributed by atoms with Gasteiger partial charge < -0.3 is 24.5 Å². The first kappa shape index (κ1) is 27.3. The van der Waals surface area contributed by atoms with Gasteiger partial charge in [0.05, 0.1) is 18.4 Å². The molecule has 41 heavy (non-hydrogen) atoms. The van der Waals surface area contributed by atoms with Crippen LogP contribution in [0.4, 0.5) is 5.69 Å². The van der Waals surface area contributed by atoms with Gasteiger partial charge in [-0.25, -0.2) is 9.78 Å². The van der Waals surface area contributed by atoms with Gasteiger partial charge in [0.2, 0.25) is 0 Å². The lowest BCUT2D eigenvalue weighted by atomic mass is 9.87. The van der Waals surface area contributed by atoms with E-state index in [1.165, 1.54) is 16.7 Å². The number of benzene rings is 2. The number of hydrogen-bond donors (Lipinski definition) is 2. The Balaban J connectivity index is 1.17. The van der Waals surface area contributed by atoms with Gasteiger partial charge in [-0.15, -0.1) is 0 Å². The standard InChI is InChI=1S/C32H33ClN4O4/c1-32(2)17-28(21-3-5-24(33)6-4-21)23(20-40-32)19-36-11-13-37(14-12-36)25-7-8-27(31(38)39)29(16-25)41-26-15-22-9-10-34-30(22)35-18-26/h3-10,15-16,18H,11-14,17,19-20H2,1-2H3,(H,34,35)(H,38,39). The molecule has 212 valence electrons. The third-order valence-corrected chi connectivity index (χ3v) is 8.06. The Kier molecular flexibility index (Phi) is 7.46. The van der Waals surface area contributed by atoms with Crippen LogP contribution < -0.4 is 9.64 Å². The van der Waals surface area contributed by atoms with E-state index in [0.717, 1.165) is 60.9 Å². The highest BCUT2D eigenvalue weighted by Gasteiger charge is 2.30. The van der Waals surface area contributed by atoms with Crippen molar-refractivity contribution in [3.8, 4) is 11.5 Å². The van der Waals surface area contributed by atoms with Crippen LogP contribution in [-0.2, 0) is 4.74 Å². The quantitative estimate of drug-likeness (QED) is 0.262. The fourth-order valence-corrected chi connectivity index (χ4v) is 5.70. The summed E-state index contributed by atoms with van der Waals surface area (Å²) in [7, 11) is 0. The molecule has 9 heteroatoms. The number of H-pyrrole nitrogens is 1. The van der Waals surface area contributed by atoms with Crippen molar-refractivity contribution < 1.29 is 19.4 Å². The number of fused-ring (bicyclic) bond motifs is 1. The van der Waals surface area contributed by atoms with Crippen LogP contribution in [0.25, 0.3) is 16.6 Å². The molecule has 0 unspecified atom stereocenters. The highest BCUT2D eigenvalue weighted by atomic mass is 35.5. The Morgan fingerprint density at radius 1 is 1.10 bits per heavy atom. The van der Waals surface area contributed by atoms with Crippen molar-refractivity contribution in [1.82, 2.24) is 14.9 Å². The average Bonchev–Trinajstić information content (AvgIpc) is 3.43. The number of piperazine rings is 1. The molecule has 0 bridgehead atoms. The molecule has 8 nitrogen and oxygen atoms in total. The minimum Gasteiger partial charge on any atom is -0.478 e. The molecule has 2 aliphatic heterocycles. The minimum absolute atomic E-state index is 0.114. The van der Waals surface area contributed by atoms with Crippen molar-refractivity contribution in [2.75, 3.05) is 44.2 Å². The number of rotatable bonds is 7. The van der Waals surface area contributed by atoms with Crippen molar-refractivity contribution in [3.05, 3.63) is 88.7 Å². The Morgan fingerprint density at radius 2 is 1.88 bits per heavy atom. The largest absolute Gasteiger partial charge is 0.478 e. The fraction of sp³-hybridized carbons (Fsp3) is 0.312. The van der Waals surface area contributed by atoms with E-state index in [9.17, 15) is 9.90 Å². The number of carboxylic acids is 1. The van der Waals surface area contributed by atoms with Crippen molar-refractivity contribution >= 4 is 39.9 Å². The van der Waals surface area contributed by atoms with Gasteiger partial charge in [-0.1, -0.05) is 23.7 Å². The third-order valence-electron chi connectivity index (χ3n) is 7.81. The summed E-state index contributed by atoms with van der Waals surface area (Å²) in [5.41, 5.74) is 5.46. The van der Waals surface area contributed by atoms with Crippen LogP contribution in [0.15, 0.2) is 72.6 Å². The average molecular weight is 573 g/mol. The van der Waals surface area contributed by atoms with Crippen molar-refractivity contribution in [3.63, 3.8) is 0 Å². The topological polar surface area (TPSA) is 90.9 Å². The van der Waals surface area contributed by atoms with Crippen LogP contribution in [0, 0.1) is 0 Å². The van der Waals surface area contributed by atoms with Crippen LogP contribution >= 0.6 is 11.6 Å². The first-order valence-electron chi connectivity index (χ1n) is 13.8. The number of aromatic carboxylic acids is 1. The molecule has 0 radical (unpaired) electrons. The maximum absolute atomic E-state index is 11.9. The van der Waals surface area contributed by atoms with Gasteiger partial charge in [0, 0.05) is 67.5 Å². The molecule has 2 aliphatic rings. The van der Waals surface area contributed by atoms with E-state index in [4.69, 9.17) is 21.1 Å². The van der Waals surface area contributed by atoms with Crippen LogP contribution in [0.2, 0.25) is 5.02 Å². The van der Waals surface area contributed by atoms with E-state index >= 15 is 0 Å². The summed E-state index contributed by atoms with van der Waals surface area (Å²) in [6, 6.07) is 17.1. The first-order chi connectivity index (χ1) is 19.7. The fourth-order valence-electron chi connectivity index (χ4n) is 5.58. The third kappa shape index (κ3) is 6.10. The highest BCUT2D eigenvalue weighted by Crippen LogP contribution is 2.36. The zero-order chi connectivity index (χ0) is 28.6. The summed E-state index contributed by atoms with van der Waals surface area (Å²) < 4.78 is 12.3. The number of halogens is 1. The summed E-state index contributed by atoms with van der Waals surface area (Å²) in [4.78, 5) is 24.1. The SMILES string of the molecule is CC1(C)CC(c2ccc(Cl)cc2)=C(CN2CCN(c3ccc(C(=O)O)c(Oc4cnc5[nH]ccc5c4)c3)CC2)CO1. The van der Waals surface area contributed by atoms with E-state index < -0.39 is 5.97 Å². The number of carbonyl (C=O) groups is 1. The second-order valence-electron chi connectivity index (χ2n) is 11.3. The Morgan fingerprint density at radius 3 is 2.63 bits per heavy atom. The molecule has 4 heterocycles. The van der Waals surface area contributed by atoms with Gasteiger partial charge in [0.15, 0.2) is 0 Å². The van der Waals surface area contributed by atoms with Crippen molar-refractivity contribution in [2.24, 2.45) is 0 Å². The molecule has 0 atom stereocenters. The molecule has 1 saturated heterocycles. The Hall–Kier alpha value is -3.85. The summed E-state index contributed by atoms with van der Waals surface area (Å²) >= 11 is 6.16. The number of aromatic nitrogens is 2. The lowest BCUT2D eigenvalue weighted by molar-refractivity contribution is -0.0101. The number of nitrogens with one attached hydrogen (secondary N) is 1. The molecule has 0 spiro atoms. The van der Waals surface area contributed by atoms with Gasteiger partial charge >= 0.3 is 5.97 Å². The van der Waals surface area contributed by atoms with Crippen LogP contribution in [-0.4, -0.2) is 70.9 Å². The van der Waals surface area contributed by atoms with E-state index in [0.29, 0.717) is 18.1 Å². The summed E-state index contributed by atoms with van der Waals surface area (Å²) in [5.74, 6) is -0.243. The Labute approximate surface area is 244 Å². The maximum Gasteiger partial charge on any atom is 0.339 e. The number of ether oxygens (including phenoxy) is 2. The molecule has 2 aromatic heterocycles. The monoisotopic (exact) mass is 572 g/mol. The molecule has 0 amide bonds. The van der Waals surface area contributed by atoms with E-state index in [2.05, 4.69) is 45.7 Å². The van der Waals surface area contributed by atoms with Gasteiger partial charge in [-0.3, -0.25) is 4.90 Å². The van der Waals surface area contributed by atoms with Crippen molar-refractivity contribution in [1.29, 1.82) is 0 Å². The highest BCUT2D eigenvalue weighted by molar-refractivity contribution is 6.30. The molecular formula is C32H33ClN4O4. The van der Waals surface area contributed by atoms with Gasteiger partial charge in [0.25, 0.3) is 0 Å². The molecule has 6 rings (SSSR count). The number of anilines is 1.